The summed E-state index contributed by atoms with van der Waals surface area (Å²) in [5.74, 6) is 0.0581. The van der Waals surface area contributed by atoms with Gasteiger partial charge in [-0.15, -0.1) is 0 Å². The predicted octanol–water partition coefficient (Wildman–Crippen LogP) is 1.75. The maximum atomic E-state index is 12.5. The van der Waals surface area contributed by atoms with Crippen LogP contribution in [0.3, 0.4) is 0 Å². The van der Waals surface area contributed by atoms with Gasteiger partial charge in [0.05, 0.1) is 6.04 Å². The lowest BCUT2D eigenvalue weighted by Crippen LogP contribution is -2.50. The van der Waals surface area contributed by atoms with Crippen LogP contribution >= 0.6 is 0 Å². The number of hydrogen-bond acceptors (Lipinski definition) is 3. The van der Waals surface area contributed by atoms with Gasteiger partial charge >= 0.3 is 0 Å². The summed E-state index contributed by atoms with van der Waals surface area (Å²) in [6, 6.07) is 9.93. The van der Waals surface area contributed by atoms with E-state index in [0.717, 1.165) is 13.0 Å². The van der Waals surface area contributed by atoms with Crippen LogP contribution < -0.4 is 5.73 Å². The van der Waals surface area contributed by atoms with Gasteiger partial charge in [0.15, 0.2) is 0 Å². The summed E-state index contributed by atoms with van der Waals surface area (Å²) >= 11 is 0. The van der Waals surface area contributed by atoms with Crippen molar-refractivity contribution in [3.63, 3.8) is 0 Å². The molecule has 118 valence electrons. The zero-order valence-electron chi connectivity index (χ0n) is 13.7. The standard InChI is InChI=1S/C17H29N3O/c1-5-20(14(2)13-19(3)4)17(21)16(18)12-11-15-9-7-6-8-10-15/h6-10,14,16H,5,11-13,18H2,1-4H3/t14?,16-/m0/s1. The average Bonchev–Trinajstić information content (AvgIpc) is 2.45. The van der Waals surface area contributed by atoms with Crippen LogP contribution in [0, 0.1) is 0 Å². The van der Waals surface area contributed by atoms with Crippen molar-refractivity contribution < 1.29 is 4.79 Å². The molecule has 0 aromatic heterocycles. The number of hydrogen-bond donors (Lipinski definition) is 1. The summed E-state index contributed by atoms with van der Waals surface area (Å²) in [5, 5.41) is 0. The third-order valence-corrected chi connectivity index (χ3v) is 3.69. The molecule has 0 heterocycles. The molecule has 0 spiro atoms. The Morgan fingerprint density at radius 2 is 1.86 bits per heavy atom. The van der Waals surface area contributed by atoms with Crippen molar-refractivity contribution in [1.29, 1.82) is 0 Å². The minimum atomic E-state index is -0.422. The van der Waals surface area contributed by atoms with Crippen LogP contribution in [0.5, 0.6) is 0 Å². The fourth-order valence-corrected chi connectivity index (χ4v) is 2.62. The Bertz CT molecular complexity index is 419. The van der Waals surface area contributed by atoms with E-state index in [4.69, 9.17) is 5.73 Å². The van der Waals surface area contributed by atoms with Crippen LogP contribution in [0.25, 0.3) is 0 Å². The number of nitrogens with two attached hydrogens (primary N) is 1. The first kappa shape index (κ1) is 17.7. The molecule has 4 heteroatoms. The van der Waals surface area contributed by atoms with Gasteiger partial charge in [0.1, 0.15) is 0 Å². The zero-order valence-corrected chi connectivity index (χ0v) is 13.7. The van der Waals surface area contributed by atoms with Gasteiger partial charge in [0, 0.05) is 19.1 Å². The van der Waals surface area contributed by atoms with E-state index >= 15 is 0 Å². The number of aryl methyl sites for hydroxylation is 1. The number of likely N-dealkylation sites (N-methyl/N-ethyl adjacent to an activating group) is 2. The van der Waals surface area contributed by atoms with Gasteiger partial charge in [0.2, 0.25) is 5.91 Å². The Morgan fingerprint density at radius 1 is 1.24 bits per heavy atom. The minimum absolute atomic E-state index is 0.0581. The van der Waals surface area contributed by atoms with Crippen LogP contribution in [0.4, 0.5) is 0 Å². The van der Waals surface area contributed by atoms with Gasteiger partial charge in [-0.1, -0.05) is 30.3 Å². The molecule has 0 fully saturated rings. The molecule has 0 bridgehead atoms. The second-order valence-corrected chi connectivity index (χ2v) is 5.87. The van der Waals surface area contributed by atoms with Gasteiger partial charge in [-0.25, -0.2) is 0 Å². The number of nitrogens with zero attached hydrogens (tertiary/aromatic N) is 2. The smallest absolute Gasteiger partial charge is 0.239 e. The van der Waals surface area contributed by atoms with Crippen molar-refractivity contribution >= 4 is 5.91 Å². The van der Waals surface area contributed by atoms with Crippen molar-refractivity contribution in [2.75, 3.05) is 27.2 Å². The van der Waals surface area contributed by atoms with Gasteiger partial charge in [-0.3, -0.25) is 4.79 Å². The summed E-state index contributed by atoms with van der Waals surface area (Å²) in [4.78, 5) is 16.5. The Hall–Kier alpha value is -1.39. The molecule has 0 saturated carbocycles. The molecule has 2 atom stereocenters. The second-order valence-electron chi connectivity index (χ2n) is 5.87. The van der Waals surface area contributed by atoms with E-state index in [0.29, 0.717) is 13.0 Å². The van der Waals surface area contributed by atoms with Crippen molar-refractivity contribution in [2.24, 2.45) is 5.73 Å². The van der Waals surface area contributed by atoms with Crippen LogP contribution in [0.1, 0.15) is 25.8 Å². The predicted molar refractivity (Wildman–Crippen MR) is 88.1 cm³/mol. The lowest BCUT2D eigenvalue weighted by atomic mass is 10.0. The molecular formula is C17H29N3O. The first-order chi connectivity index (χ1) is 9.95. The molecule has 1 rings (SSSR count). The number of carbonyl (C=O) groups excluding carboxylic acids is 1. The van der Waals surface area contributed by atoms with E-state index in [1.807, 2.05) is 44.1 Å². The highest BCUT2D eigenvalue weighted by Crippen LogP contribution is 2.08. The highest BCUT2D eigenvalue weighted by Gasteiger charge is 2.24. The summed E-state index contributed by atoms with van der Waals surface area (Å²) in [6.07, 6.45) is 1.53. The number of amides is 1. The van der Waals surface area contributed by atoms with E-state index in [1.54, 1.807) is 0 Å². The summed E-state index contributed by atoms with van der Waals surface area (Å²) in [5.41, 5.74) is 7.33. The van der Waals surface area contributed by atoms with Crippen LogP contribution in [0.15, 0.2) is 30.3 Å². The zero-order chi connectivity index (χ0) is 15.8. The molecule has 0 saturated heterocycles. The van der Waals surface area contributed by atoms with Crippen molar-refractivity contribution in [3.8, 4) is 0 Å². The summed E-state index contributed by atoms with van der Waals surface area (Å²) < 4.78 is 0. The third kappa shape index (κ3) is 5.86. The lowest BCUT2D eigenvalue weighted by molar-refractivity contribution is -0.134. The first-order valence-corrected chi connectivity index (χ1v) is 7.70. The largest absolute Gasteiger partial charge is 0.338 e. The molecule has 4 nitrogen and oxygen atoms in total. The van der Waals surface area contributed by atoms with Crippen LogP contribution in [-0.4, -0.2) is 55.0 Å². The van der Waals surface area contributed by atoms with Gasteiger partial charge in [-0.2, -0.15) is 0 Å². The van der Waals surface area contributed by atoms with E-state index in [9.17, 15) is 4.79 Å². The Labute approximate surface area is 128 Å². The highest BCUT2D eigenvalue weighted by molar-refractivity contribution is 5.81. The van der Waals surface area contributed by atoms with E-state index < -0.39 is 6.04 Å². The number of rotatable bonds is 8. The Morgan fingerprint density at radius 3 is 2.38 bits per heavy atom. The van der Waals surface area contributed by atoms with E-state index in [2.05, 4.69) is 24.0 Å². The second kappa shape index (κ2) is 8.80. The minimum Gasteiger partial charge on any atom is -0.338 e. The third-order valence-electron chi connectivity index (χ3n) is 3.69. The molecule has 0 aliphatic rings. The molecule has 0 aliphatic heterocycles. The molecule has 1 amide bonds. The van der Waals surface area contributed by atoms with Crippen molar-refractivity contribution in [2.45, 2.75) is 38.8 Å². The highest BCUT2D eigenvalue weighted by atomic mass is 16.2. The summed E-state index contributed by atoms with van der Waals surface area (Å²) in [6.45, 7) is 5.64. The van der Waals surface area contributed by atoms with Crippen LogP contribution in [-0.2, 0) is 11.2 Å². The topological polar surface area (TPSA) is 49.6 Å². The van der Waals surface area contributed by atoms with E-state index in [-0.39, 0.29) is 11.9 Å². The number of benzene rings is 1. The lowest BCUT2D eigenvalue weighted by Gasteiger charge is -2.32. The SMILES string of the molecule is CCN(C(=O)[C@@H](N)CCc1ccccc1)C(C)CN(C)C. The molecule has 1 unspecified atom stereocenters. The maximum absolute atomic E-state index is 12.5. The van der Waals surface area contributed by atoms with Gasteiger partial charge in [-0.05, 0) is 46.3 Å². The maximum Gasteiger partial charge on any atom is 0.239 e. The Balaban J connectivity index is 2.54. The fourth-order valence-electron chi connectivity index (χ4n) is 2.62. The van der Waals surface area contributed by atoms with Crippen molar-refractivity contribution in [1.82, 2.24) is 9.80 Å². The molecule has 1 aromatic rings. The van der Waals surface area contributed by atoms with Gasteiger partial charge in [0.25, 0.3) is 0 Å². The van der Waals surface area contributed by atoms with E-state index in [1.165, 1.54) is 5.56 Å². The fraction of sp³-hybridized carbons (Fsp3) is 0.588. The Kier molecular flexibility index (Phi) is 7.40. The molecule has 0 radical (unpaired) electrons. The van der Waals surface area contributed by atoms with Gasteiger partial charge < -0.3 is 15.5 Å². The molecular weight excluding hydrogens is 262 g/mol. The average molecular weight is 291 g/mol. The molecule has 21 heavy (non-hydrogen) atoms. The number of carbonyl (C=O) groups is 1. The monoisotopic (exact) mass is 291 g/mol. The molecule has 1 aromatic carbocycles. The molecule has 2 N–H and O–H groups in total. The first-order valence-electron chi connectivity index (χ1n) is 7.70. The normalized spacial score (nSPS) is 14.0. The van der Waals surface area contributed by atoms with Crippen molar-refractivity contribution in [3.05, 3.63) is 35.9 Å². The molecule has 0 aliphatic carbocycles. The van der Waals surface area contributed by atoms with Crippen LogP contribution in [0.2, 0.25) is 0 Å². The summed E-state index contributed by atoms with van der Waals surface area (Å²) in [7, 11) is 4.04. The quantitative estimate of drug-likeness (QED) is 0.794.